The van der Waals surface area contributed by atoms with E-state index in [9.17, 15) is 4.79 Å². The number of ether oxygens (including phenoxy) is 1. The predicted molar refractivity (Wildman–Crippen MR) is 59.7 cm³/mol. The third-order valence-corrected chi connectivity index (χ3v) is 2.99. The van der Waals surface area contributed by atoms with Crippen molar-refractivity contribution in [2.75, 3.05) is 47.4 Å². The lowest BCUT2D eigenvalue weighted by Crippen LogP contribution is -2.41. The van der Waals surface area contributed by atoms with Crippen LogP contribution in [0.4, 0.5) is 0 Å². The first-order valence-electron chi connectivity index (χ1n) is 5.57. The summed E-state index contributed by atoms with van der Waals surface area (Å²) in [6.07, 6.45) is 1.97. The van der Waals surface area contributed by atoms with Crippen LogP contribution in [0.2, 0.25) is 0 Å². The molecule has 4 nitrogen and oxygen atoms in total. The van der Waals surface area contributed by atoms with Gasteiger partial charge in [0.1, 0.15) is 0 Å². The van der Waals surface area contributed by atoms with Gasteiger partial charge < -0.3 is 14.5 Å². The van der Waals surface area contributed by atoms with E-state index in [1.54, 1.807) is 12.0 Å². The maximum Gasteiger partial charge on any atom is 0.225 e. The molecule has 4 heteroatoms. The molecule has 0 atom stereocenters. The molecule has 0 aliphatic carbocycles. The summed E-state index contributed by atoms with van der Waals surface area (Å²) in [7, 11) is 5.39. The highest BCUT2D eigenvalue weighted by atomic mass is 16.5. The Bertz CT molecular complexity index is 199. The number of carbonyl (C=O) groups is 1. The largest absolute Gasteiger partial charge is 0.383 e. The number of nitrogens with zero attached hydrogens (tertiary/aromatic N) is 2. The number of likely N-dealkylation sites (tertiary alicyclic amines) is 1. The number of piperidine rings is 1. The number of amides is 1. The van der Waals surface area contributed by atoms with Gasteiger partial charge in [-0.3, -0.25) is 4.79 Å². The Morgan fingerprint density at radius 1 is 1.40 bits per heavy atom. The van der Waals surface area contributed by atoms with Crippen LogP contribution in [-0.4, -0.2) is 63.2 Å². The second-order valence-electron chi connectivity index (χ2n) is 4.34. The summed E-state index contributed by atoms with van der Waals surface area (Å²) in [5.41, 5.74) is 0. The van der Waals surface area contributed by atoms with E-state index >= 15 is 0 Å². The van der Waals surface area contributed by atoms with Crippen LogP contribution in [0.1, 0.15) is 12.8 Å². The van der Waals surface area contributed by atoms with Crippen molar-refractivity contribution < 1.29 is 9.53 Å². The molecule has 0 N–H and O–H groups in total. The van der Waals surface area contributed by atoms with Crippen molar-refractivity contribution in [1.82, 2.24) is 9.80 Å². The van der Waals surface area contributed by atoms with Crippen molar-refractivity contribution in [2.45, 2.75) is 12.8 Å². The Morgan fingerprint density at radius 2 is 2.00 bits per heavy atom. The molecule has 0 aromatic carbocycles. The van der Waals surface area contributed by atoms with Gasteiger partial charge in [0.25, 0.3) is 0 Å². The molecule has 0 saturated carbocycles. The minimum atomic E-state index is 0.235. The quantitative estimate of drug-likeness (QED) is 0.680. The molecule has 1 aliphatic rings. The molecule has 15 heavy (non-hydrogen) atoms. The molecular formula is C11H22N2O2. The van der Waals surface area contributed by atoms with E-state index in [0.29, 0.717) is 0 Å². The maximum absolute atomic E-state index is 11.7. The molecule has 0 aromatic heterocycles. The van der Waals surface area contributed by atoms with Crippen molar-refractivity contribution in [2.24, 2.45) is 5.92 Å². The third-order valence-electron chi connectivity index (χ3n) is 2.99. The summed E-state index contributed by atoms with van der Waals surface area (Å²) < 4.78 is 5.04. The fraction of sp³-hybridized carbons (Fsp3) is 0.909. The van der Waals surface area contributed by atoms with E-state index in [1.165, 1.54) is 0 Å². The highest BCUT2D eigenvalue weighted by Crippen LogP contribution is 2.18. The Balaban J connectivity index is 2.26. The van der Waals surface area contributed by atoms with Gasteiger partial charge in [0, 0.05) is 33.7 Å². The van der Waals surface area contributed by atoms with Crippen molar-refractivity contribution in [1.29, 1.82) is 0 Å². The molecular weight excluding hydrogens is 192 g/mol. The second-order valence-corrected chi connectivity index (χ2v) is 4.34. The SMILES string of the molecule is COCCN1CCC(C(=O)N(C)C)CC1. The minimum absolute atomic E-state index is 0.235. The van der Waals surface area contributed by atoms with E-state index in [0.717, 1.165) is 39.1 Å². The normalized spacial score (nSPS) is 19.1. The van der Waals surface area contributed by atoms with Gasteiger partial charge in [0.05, 0.1) is 6.61 Å². The lowest BCUT2D eigenvalue weighted by Gasteiger charge is -2.32. The fourth-order valence-corrected chi connectivity index (χ4v) is 1.99. The summed E-state index contributed by atoms with van der Waals surface area (Å²) in [5.74, 6) is 0.514. The van der Waals surface area contributed by atoms with Crippen molar-refractivity contribution >= 4 is 5.91 Å². The molecule has 88 valence electrons. The first-order valence-corrected chi connectivity index (χ1v) is 5.57. The standard InChI is InChI=1S/C11H22N2O2/c1-12(2)11(14)10-4-6-13(7-5-10)8-9-15-3/h10H,4-9H2,1-3H3. The summed E-state index contributed by atoms with van der Waals surface area (Å²) in [6.45, 7) is 3.81. The summed E-state index contributed by atoms with van der Waals surface area (Å²) >= 11 is 0. The molecule has 1 rings (SSSR count). The monoisotopic (exact) mass is 214 g/mol. The van der Waals surface area contributed by atoms with E-state index in [-0.39, 0.29) is 11.8 Å². The van der Waals surface area contributed by atoms with Gasteiger partial charge >= 0.3 is 0 Å². The van der Waals surface area contributed by atoms with Gasteiger partial charge in [-0.15, -0.1) is 0 Å². The fourth-order valence-electron chi connectivity index (χ4n) is 1.99. The van der Waals surface area contributed by atoms with E-state index in [1.807, 2.05) is 14.1 Å². The van der Waals surface area contributed by atoms with Crippen LogP contribution >= 0.6 is 0 Å². The zero-order chi connectivity index (χ0) is 11.3. The molecule has 0 bridgehead atoms. The molecule has 0 aromatic rings. The Morgan fingerprint density at radius 3 is 2.47 bits per heavy atom. The Hall–Kier alpha value is -0.610. The highest BCUT2D eigenvalue weighted by Gasteiger charge is 2.25. The maximum atomic E-state index is 11.7. The van der Waals surface area contributed by atoms with Crippen LogP contribution < -0.4 is 0 Å². The lowest BCUT2D eigenvalue weighted by atomic mass is 9.95. The number of rotatable bonds is 4. The van der Waals surface area contributed by atoms with E-state index < -0.39 is 0 Å². The smallest absolute Gasteiger partial charge is 0.225 e. The second kappa shape index (κ2) is 6.08. The third kappa shape index (κ3) is 3.80. The van der Waals surface area contributed by atoms with Crippen molar-refractivity contribution in [3.8, 4) is 0 Å². The van der Waals surface area contributed by atoms with Gasteiger partial charge in [0.15, 0.2) is 0 Å². The van der Waals surface area contributed by atoms with Gasteiger partial charge in [-0.25, -0.2) is 0 Å². The number of hydrogen-bond donors (Lipinski definition) is 0. The zero-order valence-electron chi connectivity index (χ0n) is 10.0. The summed E-state index contributed by atoms with van der Waals surface area (Å²) in [4.78, 5) is 15.8. The average molecular weight is 214 g/mol. The highest BCUT2D eigenvalue weighted by molar-refractivity contribution is 5.78. The van der Waals surface area contributed by atoms with E-state index in [4.69, 9.17) is 4.74 Å². The van der Waals surface area contributed by atoms with Gasteiger partial charge in [-0.2, -0.15) is 0 Å². The van der Waals surface area contributed by atoms with Gasteiger partial charge in [-0.1, -0.05) is 0 Å². The molecule has 0 spiro atoms. The Kier molecular flexibility index (Phi) is 5.05. The van der Waals surface area contributed by atoms with Crippen LogP contribution in [0.3, 0.4) is 0 Å². The molecule has 1 aliphatic heterocycles. The topological polar surface area (TPSA) is 32.8 Å². The zero-order valence-corrected chi connectivity index (χ0v) is 10.0. The minimum Gasteiger partial charge on any atom is -0.383 e. The molecule has 0 radical (unpaired) electrons. The number of hydrogen-bond acceptors (Lipinski definition) is 3. The van der Waals surface area contributed by atoms with E-state index in [2.05, 4.69) is 4.90 Å². The first-order chi connectivity index (χ1) is 7.15. The predicted octanol–water partition coefficient (Wildman–Crippen LogP) is 0.433. The van der Waals surface area contributed by atoms with Crippen LogP contribution in [0.25, 0.3) is 0 Å². The Labute approximate surface area is 92.2 Å². The lowest BCUT2D eigenvalue weighted by molar-refractivity contribution is -0.134. The average Bonchev–Trinajstić information content (AvgIpc) is 2.26. The molecule has 0 unspecified atom stereocenters. The first kappa shape index (κ1) is 12.5. The molecule has 1 amide bonds. The molecule has 1 heterocycles. The van der Waals surface area contributed by atoms with Crippen LogP contribution in [-0.2, 0) is 9.53 Å². The molecule has 1 fully saturated rings. The van der Waals surface area contributed by atoms with Gasteiger partial charge in [-0.05, 0) is 25.9 Å². The van der Waals surface area contributed by atoms with Crippen LogP contribution in [0.5, 0.6) is 0 Å². The summed E-state index contributed by atoms with van der Waals surface area (Å²) in [6, 6.07) is 0. The van der Waals surface area contributed by atoms with Crippen LogP contribution in [0, 0.1) is 5.92 Å². The number of methoxy groups -OCH3 is 1. The van der Waals surface area contributed by atoms with Crippen molar-refractivity contribution in [3.05, 3.63) is 0 Å². The van der Waals surface area contributed by atoms with Crippen LogP contribution in [0.15, 0.2) is 0 Å². The van der Waals surface area contributed by atoms with Crippen molar-refractivity contribution in [3.63, 3.8) is 0 Å². The van der Waals surface area contributed by atoms with Gasteiger partial charge in [0.2, 0.25) is 5.91 Å². The number of carbonyl (C=O) groups excluding carboxylic acids is 1. The molecule has 1 saturated heterocycles. The summed E-state index contributed by atoms with van der Waals surface area (Å²) in [5, 5.41) is 0.